The first-order chi connectivity index (χ1) is 11.5. The number of nitriles is 1. The van der Waals surface area contributed by atoms with Gasteiger partial charge in [0.2, 0.25) is 0 Å². The zero-order chi connectivity index (χ0) is 17.5. The Hall–Kier alpha value is -2.30. The molecule has 2 amide bonds. The van der Waals surface area contributed by atoms with E-state index in [1.54, 1.807) is 30.0 Å². The number of carbonyl (C=O) groups is 2. The fraction of sp³-hybridized carbons (Fsp3) is 0.438. The van der Waals surface area contributed by atoms with Gasteiger partial charge in [-0.1, -0.05) is 11.6 Å². The monoisotopic (exact) mass is 351 g/mol. The van der Waals surface area contributed by atoms with Crippen molar-refractivity contribution in [3.05, 3.63) is 28.8 Å². The summed E-state index contributed by atoms with van der Waals surface area (Å²) < 4.78 is 4.97. The maximum Gasteiger partial charge on any atom is 0.410 e. The largest absolute Gasteiger partial charge is 0.450 e. The molecule has 8 heteroatoms. The van der Waals surface area contributed by atoms with Gasteiger partial charge < -0.3 is 15.0 Å². The van der Waals surface area contributed by atoms with Crippen LogP contribution in [0.5, 0.6) is 0 Å². The number of carbonyl (C=O) groups excluding carboxylic acids is 2. The van der Waals surface area contributed by atoms with Crippen molar-refractivity contribution >= 4 is 29.3 Å². The zero-order valence-corrected chi connectivity index (χ0v) is 14.2. The van der Waals surface area contributed by atoms with Gasteiger partial charge in [-0.05, 0) is 25.1 Å². The van der Waals surface area contributed by atoms with Crippen molar-refractivity contribution in [2.24, 2.45) is 0 Å². The Labute approximate surface area is 145 Å². The van der Waals surface area contributed by atoms with E-state index in [-0.39, 0.29) is 18.5 Å². The van der Waals surface area contributed by atoms with Crippen LogP contribution in [0.4, 0.5) is 10.5 Å². The molecular weight excluding hydrogens is 332 g/mol. The first-order valence-electron chi connectivity index (χ1n) is 7.78. The molecule has 2 rings (SSSR count). The minimum Gasteiger partial charge on any atom is -0.450 e. The molecule has 2 N–H and O–H groups in total. The summed E-state index contributed by atoms with van der Waals surface area (Å²) in [5.74, 6) is -0.187. The van der Waals surface area contributed by atoms with Gasteiger partial charge >= 0.3 is 6.09 Å². The van der Waals surface area contributed by atoms with Crippen LogP contribution in [0, 0.1) is 11.3 Å². The van der Waals surface area contributed by atoms with Crippen LogP contribution in [0.25, 0.3) is 0 Å². The Bertz CT molecular complexity index is 651. The third-order valence-electron chi connectivity index (χ3n) is 3.78. The molecule has 0 spiro atoms. The minimum atomic E-state index is -0.307. The van der Waals surface area contributed by atoms with Crippen LogP contribution < -0.4 is 10.2 Å². The Morgan fingerprint density at radius 3 is 2.75 bits per heavy atom. The number of amides is 2. The quantitative estimate of drug-likeness (QED) is 0.827. The summed E-state index contributed by atoms with van der Waals surface area (Å²) >= 11 is 5.91. The Morgan fingerprint density at radius 2 is 2.12 bits per heavy atom. The van der Waals surface area contributed by atoms with Crippen LogP contribution in [-0.2, 0) is 9.53 Å². The van der Waals surface area contributed by atoms with Crippen LogP contribution in [0.2, 0.25) is 5.02 Å². The van der Waals surface area contributed by atoms with Gasteiger partial charge in [0.05, 0.1) is 44.0 Å². The van der Waals surface area contributed by atoms with Gasteiger partial charge in [-0.3, -0.25) is 9.69 Å². The summed E-state index contributed by atoms with van der Waals surface area (Å²) in [7, 11) is 0. The van der Waals surface area contributed by atoms with E-state index in [1.807, 2.05) is 6.07 Å². The van der Waals surface area contributed by atoms with Gasteiger partial charge in [0.25, 0.3) is 5.91 Å². The van der Waals surface area contributed by atoms with Gasteiger partial charge in [0.1, 0.15) is 6.07 Å². The fourth-order valence-corrected chi connectivity index (χ4v) is 2.71. The summed E-state index contributed by atoms with van der Waals surface area (Å²) in [5, 5.41) is 12.3. The minimum absolute atomic E-state index is 0.187. The van der Waals surface area contributed by atoms with E-state index in [1.165, 1.54) is 0 Å². The highest BCUT2D eigenvalue weighted by molar-refractivity contribution is 6.31. The predicted molar refractivity (Wildman–Crippen MR) is 89.0 cm³/mol. The molecule has 0 aliphatic carbocycles. The summed E-state index contributed by atoms with van der Waals surface area (Å²) in [4.78, 5) is 26.6. The van der Waals surface area contributed by atoms with Crippen LogP contribution in [0.15, 0.2) is 18.2 Å². The third kappa shape index (κ3) is 4.85. The second-order valence-electron chi connectivity index (χ2n) is 5.46. The van der Waals surface area contributed by atoms with E-state index in [9.17, 15) is 9.59 Å². The highest BCUT2D eigenvalue weighted by Crippen LogP contribution is 2.20. The van der Waals surface area contributed by atoms with Crippen molar-refractivity contribution in [2.45, 2.75) is 6.92 Å². The first kappa shape index (κ1) is 18.0. The third-order valence-corrected chi connectivity index (χ3v) is 4.02. The molecule has 0 radical (unpaired) electrons. The maximum absolute atomic E-state index is 12.2. The lowest BCUT2D eigenvalue weighted by molar-refractivity contribution is -0.895. The molecule has 1 fully saturated rings. The number of quaternary nitrogens is 1. The number of nitrogens with zero attached hydrogens (tertiary/aromatic N) is 2. The number of benzene rings is 1. The molecule has 1 heterocycles. The molecule has 0 unspecified atom stereocenters. The number of piperazine rings is 1. The average molecular weight is 352 g/mol. The van der Waals surface area contributed by atoms with Gasteiger partial charge in [-0.2, -0.15) is 5.26 Å². The van der Waals surface area contributed by atoms with Crippen molar-refractivity contribution in [3.8, 4) is 6.07 Å². The predicted octanol–water partition coefficient (Wildman–Crippen LogP) is 0.507. The molecule has 0 atom stereocenters. The van der Waals surface area contributed by atoms with E-state index >= 15 is 0 Å². The number of halogens is 1. The molecule has 128 valence electrons. The smallest absolute Gasteiger partial charge is 0.410 e. The van der Waals surface area contributed by atoms with Crippen molar-refractivity contribution in [2.75, 3.05) is 44.6 Å². The summed E-state index contributed by atoms with van der Waals surface area (Å²) in [5.41, 5.74) is 0.787. The highest BCUT2D eigenvalue weighted by Gasteiger charge is 2.26. The molecule has 0 saturated carbocycles. The summed E-state index contributed by atoms with van der Waals surface area (Å²) in [6, 6.07) is 6.76. The normalized spacial score (nSPS) is 14.8. The van der Waals surface area contributed by atoms with Crippen LogP contribution in [-0.4, -0.2) is 56.2 Å². The first-order valence-corrected chi connectivity index (χ1v) is 8.16. The molecule has 24 heavy (non-hydrogen) atoms. The Balaban J connectivity index is 1.85. The number of rotatable bonds is 4. The van der Waals surface area contributed by atoms with Crippen molar-refractivity contribution < 1.29 is 19.2 Å². The highest BCUT2D eigenvalue weighted by atomic mass is 35.5. The molecule has 1 aliphatic rings. The van der Waals surface area contributed by atoms with E-state index in [2.05, 4.69) is 5.32 Å². The second kappa shape index (κ2) is 8.52. The molecule has 7 nitrogen and oxygen atoms in total. The van der Waals surface area contributed by atoms with E-state index in [0.717, 1.165) is 4.90 Å². The number of hydrogen-bond donors (Lipinski definition) is 2. The van der Waals surface area contributed by atoms with Gasteiger partial charge in [0, 0.05) is 5.02 Å². The second-order valence-corrected chi connectivity index (χ2v) is 5.90. The SMILES string of the molecule is CCOC(=O)N1CC[NH+](CC(=O)Nc2cc(Cl)ccc2C#N)CC1. The Kier molecular flexibility index (Phi) is 6.41. The standard InChI is InChI=1S/C16H19ClN4O3/c1-2-24-16(23)21-7-5-20(6-8-21)11-15(22)19-14-9-13(17)4-3-12(14)10-18/h3-4,9H,2,5-8,11H2,1H3,(H,19,22)/p+1. The van der Waals surface area contributed by atoms with Crippen molar-refractivity contribution in [3.63, 3.8) is 0 Å². The van der Waals surface area contributed by atoms with E-state index in [0.29, 0.717) is 49.1 Å². The summed E-state index contributed by atoms with van der Waals surface area (Å²) in [6.07, 6.45) is -0.307. The van der Waals surface area contributed by atoms with E-state index in [4.69, 9.17) is 21.6 Å². The van der Waals surface area contributed by atoms with Crippen LogP contribution >= 0.6 is 11.6 Å². The summed E-state index contributed by atoms with van der Waals surface area (Å²) in [6.45, 7) is 4.86. The number of anilines is 1. The zero-order valence-electron chi connectivity index (χ0n) is 13.5. The molecular formula is C16H20ClN4O3+. The van der Waals surface area contributed by atoms with Crippen LogP contribution in [0.1, 0.15) is 12.5 Å². The van der Waals surface area contributed by atoms with Gasteiger partial charge in [-0.25, -0.2) is 4.79 Å². The van der Waals surface area contributed by atoms with E-state index < -0.39 is 0 Å². The van der Waals surface area contributed by atoms with Gasteiger partial charge in [0.15, 0.2) is 6.54 Å². The van der Waals surface area contributed by atoms with Gasteiger partial charge in [-0.15, -0.1) is 0 Å². The topological polar surface area (TPSA) is 86.9 Å². The number of ether oxygens (including phenoxy) is 1. The maximum atomic E-state index is 12.2. The number of hydrogen-bond acceptors (Lipinski definition) is 4. The average Bonchev–Trinajstić information content (AvgIpc) is 2.56. The Morgan fingerprint density at radius 1 is 1.42 bits per heavy atom. The molecule has 1 aromatic carbocycles. The lowest BCUT2D eigenvalue weighted by Gasteiger charge is -2.31. The molecule has 0 bridgehead atoms. The fourth-order valence-electron chi connectivity index (χ4n) is 2.54. The molecule has 0 aromatic heterocycles. The van der Waals surface area contributed by atoms with Crippen molar-refractivity contribution in [1.82, 2.24) is 4.90 Å². The molecule has 1 saturated heterocycles. The van der Waals surface area contributed by atoms with Crippen molar-refractivity contribution in [1.29, 1.82) is 5.26 Å². The molecule has 1 aliphatic heterocycles. The van der Waals surface area contributed by atoms with Crippen LogP contribution in [0.3, 0.4) is 0 Å². The lowest BCUT2D eigenvalue weighted by Crippen LogP contribution is -3.15. The lowest BCUT2D eigenvalue weighted by atomic mass is 10.2. The molecule has 1 aromatic rings. The number of nitrogens with one attached hydrogen (secondary N) is 2.